The van der Waals surface area contributed by atoms with Crippen LogP contribution in [-0.2, 0) is 28.6 Å². The smallest absolute Gasteiger partial charge is 0.306 e. The lowest BCUT2D eigenvalue weighted by Gasteiger charge is -2.34. The maximum Gasteiger partial charge on any atom is 0.306 e. The summed E-state index contributed by atoms with van der Waals surface area (Å²) in [7, 11) is 5.42. The number of carbonyl (C=O) groups is 3. The van der Waals surface area contributed by atoms with Crippen LogP contribution in [0.1, 0.15) is 251 Å². The summed E-state index contributed by atoms with van der Waals surface area (Å²) >= 11 is 0. The standard InChI is InChI=1S/C56H103NO7/c1-6-8-10-12-14-16-18-20-22-24-26-27-29-30-32-34-36-38-40-42-44-46-54(58)63-51-52(50-62-49-48-53(56(60)61)57(3,4)5)64-55(59)47-45-43-41-39-37-35-33-31-28-25-23-21-19-17-15-13-11-9-7-2/h15,17,21,23-24,26,52-53H,6-14,16,18-20,22,25,27-51H2,1-5H3/b17-15-,23-21-,26-24-. The Bertz CT molecular complexity index is 1140. The van der Waals surface area contributed by atoms with Crippen molar-refractivity contribution in [2.24, 2.45) is 0 Å². The second-order valence-corrected chi connectivity index (χ2v) is 19.5. The minimum Gasteiger partial charge on any atom is -0.544 e. The third-order valence-electron chi connectivity index (χ3n) is 12.2. The second-order valence-electron chi connectivity index (χ2n) is 19.5. The van der Waals surface area contributed by atoms with Gasteiger partial charge in [-0.15, -0.1) is 0 Å². The predicted molar refractivity (Wildman–Crippen MR) is 268 cm³/mol. The fourth-order valence-corrected chi connectivity index (χ4v) is 8.04. The van der Waals surface area contributed by atoms with E-state index in [1.54, 1.807) is 0 Å². The number of carbonyl (C=O) groups excluding carboxylic acids is 3. The van der Waals surface area contributed by atoms with Crippen molar-refractivity contribution in [1.82, 2.24) is 0 Å². The van der Waals surface area contributed by atoms with E-state index in [2.05, 4.69) is 50.3 Å². The van der Waals surface area contributed by atoms with Crippen LogP contribution in [0.25, 0.3) is 0 Å². The van der Waals surface area contributed by atoms with Crippen molar-refractivity contribution < 1.29 is 38.2 Å². The van der Waals surface area contributed by atoms with Gasteiger partial charge in [0.2, 0.25) is 0 Å². The van der Waals surface area contributed by atoms with Crippen molar-refractivity contribution in [3.05, 3.63) is 36.5 Å². The molecule has 0 aromatic rings. The van der Waals surface area contributed by atoms with Crippen LogP contribution in [-0.4, -0.2) is 75.5 Å². The van der Waals surface area contributed by atoms with Crippen molar-refractivity contribution in [1.29, 1.82) is 0 Å². The van der Waals surface area contributed by atoms with Gasteiger partial charge in [0.1, 0.15) is 12.6 Å². The molecule has 0 aromatic heterocycles. The first-order valence-corrected chi connectivity index (χ1v) is 27.0. The zero-order valence-electron chi connectivity index (χ0n) is 42.7. The summed E-state index contributed by atoms with van der Waals surface area (Å²) < 4.78 is 17.3. The third-order valence-corrected chi connectivity index (χ3v) is 12.2. The van der Waals surface area contributed by atoms with Gasteiger partial charge in [0.05, 0.1) is 40.3 Å². The van der Waals surface area contributed by atoms with Gasteiger partial charge in [-0.3, -0.25) is 9.59 Å². The van der Waals surface area contributed by atoms with E-state index < -0.39 is 18.1 Å². The normalized spacial score (nSPS) is 13.1. The summed E-state index contributed by atoms with van der Waals surface area (Å²) in [5, 5.41) is 11.7. The molecule has 0 aliphatic carbocycles. The van der Waals surface area contributed by atoms with Crippen LogP contribution in [0.3, 0.4) is 0 Å². The summed E-state index contributed by atoms with van der Waals surface area (Å²) in [5.74, 6) is -1.73. The molecule has 0 aliphatic rings. The molecular formula is C56H103NO7. The molecule has 8 nitrogen and oxygen atoms in total. The Balaban J connectivity index is 4.20. The molecule has 0 bridgehead atoms. The zero-order valence-corrected chi connectivity index (χ0v) is 42.7. The Labute approximate surface area is 395 Å². The first-order chi connectivity index (χ1) is 31.1. The summed E-state index contributed by atoms with van der Waals surface area (Å²) in [6.45, 7) is 4.67. The molecule has 0 saturated carbocycles. The molecule has 0 fully saturated rings. The van der Waals surface area contributed by atoms with Gasteiger partial charge in [-0.05, 0) is 70.6 Å². The molecule has 0 rings (SSSR count). The lowest BCUT2D eigenvalue weighted by Crippen LogP contribution is -2.55. The quantitative estimate of drug-likeness (QED) is 0.0259. The van der Waals surface area contributed by atoms with Crippen molar-refractivity contribution in [3.8, 4) is 0 Å². The Morgan fingerprint density at radius 1 is 0.469 bits per heavy atom. The lowest BCUT2D eigenvalue weighted by atomic mass is 10.1. The van der Waals surface area contributed by atoms with Crippen molar-refractivity contribution in [3.63, 3.8) is 0 Å². The van der Waals surface area contributed by atoms with E-state index in [0.29, 0.717) is 12.8 Å². The summed E-state index contributed by atoms with van der Waals surface area (Å²) in [4.78, 5) is 37.1. The Kier molecular flexibility index (Phi) is 45.3. The number of rotatable bonds is 49. The van der Waals surface area contributed by atoms with Crippen LogP contribution in [0.4, 0.5) is 0 Å². The molecule has 0 N–H and O–H groups in total. The molecule has 64 heavy (non-hydrogen) atoms. The van der Waals surface area contributed by atoms with Crippen LogP contribution in [0, 0.1) is 0 Å². The molecule has 8 heteroatoms. The van der Waals surface area contributed by atoms with Gasteiger partial charge in [-0.2, -0.15) is 0 Å². The van der Waals surface area contributed by atoms with Gasteiger partial charge in [0, 0.05) is 19.3 Å². The highest BCUT2D eigenvalue weighted by molar-refractivity contribution is 5.70. The first-order valence-electron chi connectivity index (χ1n) is 27.0. The summed E-state index contributed by atoms with van der Waals surface area (Å²) in [5.41, 5.74) is 0. The molecule has 0 aliphatic heterocycles. The van der Waals surface area contributed by atoms with Crippen LogP contribution >= 0.6 is 0 Å². The van der Waals surface area contributed by atoms with E-state index in [9.17, 15) is 19.5 Å². The van der Waals surface area contributed by atoms with Gasteiger partial charge in [-0.25, -0.2) is 0 Å². The Morgan fingerprint density at radius 2 is 0.828 bits per heavy atom. The number of esters is 2. The Hall–Kier alpha value is -2.45. The van der Waals surface area contributed by atoms with Crippen molar-refractivity contribution in [2.45, 2.75) is 264 Å². The number of allylic oxidation sites excluding steroid dienone is 6. The van der Waals surface area contributed by atoms with E-state index in [1.807, 2.05) is 21.1 Å². The van der Waals surface area contributed by atoms with Gasteiger partial charge >= 0.3 is 11.9 Å². The summed E-state index contributed by atoms with van der Waals surface area (Å²) in [6, 6.07) is -0.727. The van der Waals surface area contributed by atoms with Crippen LogP contribution in [0.15, 0.2) is 36.5 Å². The van der Waals surface area contributed by atoms with Crippen molar-refractivity contribution in [2.75, 3.05) is 41.0 Å². The highest BCUT2D eigenvalue weighted by atomic mass is 16.6. The Morgan fingerprint density at radius 3 is 1.25 bits per heavy atom. The summed E-state index contributed by atoms with van der Waals surface area (Å²) in [6.07, 6.45) is 56.0. The fourth-order valence-electron chi connectivity index (χ4n) is 8.04. The van der Waals surface area contributed by atoms with E-state index in [0.717, 1.165) is 44.9 Å². The topological polar surface area (TPSA) is 102 Å². The molecule has 2 atom stereocenters. The molecule has 374 valence electrons. The maximum atomic E-state index is 12.8. The number of carboxylic acid groups (broad SMARTS) is 1. The first kappa shape index (κ1) is 61.5. The number of nitrogens with zero attached hydrogens (tertiary/aromatic N) is 1. The molecule has 0 saturated heterocycles. The number of carboxylic acids is 1. The largest absolute Gasteiger partial charge is 0.544 e. The van der Waals surface area contributed by atoms with Crippen LogP contribution in [0.2, 0.25) is 0 Å². The average molecular weight is 902 g/mol. The van der Waals surface area contributed by atoms with E-state index in [-0.39, 0.29) is 42.7 Å². The third kappa shape index (κ3) is 44.7. The fraction of sp³-hybridized carbons (Fsp3) is 0.839. The average Bonchev–Trinajstić information content (AvgIpc) is 3.26. The van der Waals surface area contributed by atoms with Crippen LogP contribution in [0.5, 0.6) is 0 Å². The van der Waals surface area contributed by atoms with Gasteiger partial charge in [-0.1, -0.05) is 198 Å². The number of unbranched alkanes of at least 4 members (excludes halogenated alkanes) is 29. The number of ether oxygens (including phenoxy) is 3. The number of quaternary nitrogens is 1. The number of aliphatic carboxylic acids is 1. The lowest BCUT2D eigenvalue weighted by molar-refractivity contribution is -0.889. The monoisotopic (exact) mass is 902 g/mol. The second kappa shape index (κ2) is 47.1. The van der Waals surface area contributed by atoms with Gasteiger partial charge in [0.25, 0.3) is 0 Å². The molecule has 0 spiro atoms. The molecule has 0 radical (unpaired) electrons. The molecule has 0 amide bonds. The molecule has 0 aromatic carbocycles. The maximum absolute atomic E-state index is 12.8. The highest BCUT2D eigenvalue weighted by Gasteiger charge is 2.25. The van der Waals surface area contributed by atoms with Gasteiger partial charge in [0.15, 0.2) is 6.10 Å². The zero-order chi connectivity index (χ0) is 47.0. The van der Waals surface area contributed by atoms with Crippen LogP contribution < -0.4 is 5.11 Å². The number of hydrogen-bond acceptors (Lipinski definition) is 7. The van der Waals surface area contributed by atoms with Crippen molar-refractivity contribution >= 4 is 17.9 Å². The number of likely N-dealkylation sites (N-methyl/N-ethyl adjacent to an activating group) is 1. The van der Waals surface area contributed by atoms with E-state index in [1.165, 1.54) is 173 Å². The number of hydrogen-bond donors (Lipinski definition) is 0. The SMILES string of the molecule is CCCCC/C=C\C/C=C\CCCCCCCCCCCC(=O)OC(COCCC(C(=O)[O-])[N+](C)(C)C)COC(=O)CCCCCCCCCCC/C=C\CCCCCCCCCC. The minimum absolute atomic E-state index is 0.0405. The molecule has 0 heterocycles. The van der Waals surface area contributed by atoms with E-state index >= 15 is 0 Å². The minimum atomic E-state index is -1.12. The van der Waals surface area contributed by atoms with E-state index in [4.69, 9.17) is 14.2 Å². The highest BCUT2D eigenvalue weighted by Crippen LogP contribution is 2.16. The van der Waals surface area contributed by atoms with Gasteiger partial charge < -0.3 is 28.6 Å². The molecular weight excluding hydrogens is 799 g/mol. The predicted octanol–water partition coefficient (Wildman–Crippen LogP) is 14.4. The molecule has 2 unspecified atom stereocenters.